The van der Waals surface area contributed by atoms with Crippen molar-refractivity contribution in [2.75, 3.05) is 12.3 Å². The number of nitrogen functional groups attached to an aromatic ring is 1. The molecule has 0 atom stereocenters. The maximum Gasteiger partial charge on any atom is 0.170 e. The molecule has 68 valence electrons. The number of benzene rings is 1. The summed E-state index contributed by atoms with van der Waals surface area (Å²) in [4.78, 5) is 11.3. The zero-order valence-electron chi connectivity index (χ0n) is 6.84. The molecule has 2 N–H and O–H groups in total. The molecule has 1 aromatic carbocycles. The minimum absolute atomic E-state index is 0.0161. The van der Waals surface area contributed by atoms with Crippen molar-refractivity contribution < 1.29 is 13.9 Å². The van der Waals surface area contributed by atoms with Crippen LogP contribution in [0.1, 0.15) is 16.8 Å². The van der Waals surface area contributed by atoms with Gasteiger partial charge in [0.1, 0.15) is 11.6 Å². The third kappa shape index (κ3) is 1.24. The summed E-state index contributed by atoms with van der Waals surface area (Å²) in [7, 11) is 0. The van der Waals surface area contributed by atoms with Crippen molar-refractivity contribution in [3.63, 3.8) is 0 Å². The van der Waals surface area contributed by atoms with E-state index in [1.165, 1.54) is 6.07 Å². The van der Waals surface area contributed by atoms with Crippen LogP contribution in [0, 0.1) is 5.82 Å². The summed E-state index contributed by atoms with van der Waals surface area (Å²) in [5.41, 5.74) is 5.69. The zero-order valence-corrected chi connectivity index (χ0v) is 6.84. The van der Waals surface area contributed by atoms with E-state index in [2.05, 4.69) is 0 Å². The number of anilines is 1. The second-order valence-electron chi connectivity index (χ2n) is 2.89. The van der Waals surface area contributed by atoms with Gasteiger partial charge in [-0.25, -0.2) is 4.39 Å². The molecule has 4 heteroatoms. The van der Waals surface area contributed by atoms with Crippen molar-refractivity contribution in [2.45, 2.75) is 6.42 Å². The molecule has 1 heterocycles. The first-order valence-corrected chi connectivity index (χ1v) is 3.93. The molecular formula is C9H8FNO2. The average molecular weight is 181 g/mol. The lowest BCUT2D eigenvalue weighted by atomic mass is 10.0. The molecule has 1 aliphatic rings. The average Bonchev–Trinajstić information content (AvgIpc) is 2.09. The molecule has 0 spiro atoms. The van der Waals surface area contributed by atoms with E-state index in [4.69, 9.17) is 10.5 Å². The van der Waals surface area contributed by atoms with Crippen LogP contribution < -0.4 is 10.5 Å². The van der Waals surface area contributed by atoms with E-state index in [1.54, 1.807) is 0 Å². The third-order valence-electron chi connectivity index (χ3n) is 1.99. The number of ether oxygens (including phenoxy) is 1. The highest BCUT2D eigenvalue weighted by molar-refractivity contribution is 6.00. The van der Waals surface area contributed by atoms with Crippen LogP contribution in [0.4, 0.5) is 10.1 Å². The molecule has 0 amide bonds. The number of halogens is 1. The van der Waals surface area contributed by atoms with E-state index in [0.29, 0.717) is 24.3 Å². The number of hydrogen-bond acceptors (Lipinski definition) is 3. The van der Waals surface area contributed by atoms with E-state index in [-0.39, 0.29) is 11.5 Å². The van der Waals surface area contributed by atoms with Gasteiger partial charge in [-0.2, -0.15) is 0 Å². The van der Waals surface area contributed by atoms with Gasteiger partial charge in [0.2, 0.25) is 0 Å². The molecule has 0 aromatic heterocycles. The van der Waals surface area contributed by atoms with Crippen LogP contribution >= 0.6 is 0 Å². The van der Waals surface area contributed by atoms with Crippen LogP contribution in [-0.4, -0.2) is 12.4 Å². The Hall–Kier alpha value is -1.58. The van der Waals surface area contributed by atoms with Crippen molar-refractivity contribution in [3.8, 4) is 5.75 Å². The summed E-state index contributed by atoms with van der Waals surface area (Å²) in [6.07, 6.45) is 0.331. The van der Waals surface area contributed by atoms with Crippen molar-refractivity contribution in [2.24, 2.45) is 0 Å². The van der Waals surface area contributed by atoms with Gasteiger partial charge in [0.05, 0.1) is 17.9 Å². The Kier molecular flexibility index (Phi) is 1.69. The third-order valence-corrected chi connectivity index (χ3v) is 1.99. The van der Waals surface area contributed by atoms with Gasteiger partial charge in [0.15, 0.2) is 5.78 Å². The van der Waals surface area contributed by atoms with E-state index in [1.807, 2.05) is 0 Å². The lowest BCUT2D eigenvalue weighted by Crippen LogP contribution is -2.16. The number of carbonyl (C=O) groups excluding carboxylic acids is 1. The molecule has 2 rings (SSSR count). The minimum atomic E-state index is -0.548. The maximum absolute atomic E-state index is 12.9. The summed E-state index contributed by atoms with van der Waals surface area (Å²) < 4.78 is 18.0. The first kappa shape index (κ1) is 8.04. The smallest absolute Gasteiger partial charge is 0.170 e. The largest absolute Gasteiger partial charge is 0.492 e. The highest BCUT2D eigenvalue weighted by atomic mass is 19.1. The first-order valence-electron chi connectivity index (χ1n) is 3.93. The van der Waals surface area contributed by atoms with Crippen LogP contribution in [0.2, 0.25) is 0 Å². The summed E-state index contributed by atoms with van der Waals surface area (Å²) in [6.45, 7) is 0.315. The van der Waals surface area contributed by atoms with E-state index >= 15 is 0 Å². The minimum Gasteiger partial charge on any atom is -0.492 e. The number of Topliss-reactive ketones (excluding diaryl/α,β-unsaturated/α-hetero) is 1. The Labute approximate surface area is 74.3 Å². The number of ketones is 1. The lowest BCUT2D eigenvalue weighted by Gasteiger charge is -2.16. The Bertz CT molecular complexity index is 376. The van der Waals surface area contributed by atoms with Crippen LogP contribution in [0.15, 0.2) is 12.1 Å². The normalized spacial score (nSPS) is 15.0. The molecule has 1 aliphatic heterocycles. The summed E-state index contributed by atoms with van der Waals surface area (Å²) >= 11 is 0. The number of nitrogens with two attached hydrogens (primary N) is 1. The first-order chi connectivity index (χ1) is 6.18. The van der Waals surface area contributed by atoms with Gasteiger partial charge in [-0.05, 0) is 6.07 Å². The van der Waals surface area contributed by atoms with Crippen molar-refractivity contribution in [1.29, 1.82) is 0 Å². The van der Waals surface area contributed by atoms with Crippen molar-refractivity contribution in [1.82, 2.24) is 0 Å². The number of hydrogen-bond donors (Lipinski definition) is 1. The molecule has 0 radical (unpaired) electrons. The molecule has 13 heavy (non-hydrogen) atoms. The molecular weight excluding hydrogens is 173 g/mol. The Morgan fingerprint density at radius 1 is 1.46 bits per heavy atom. The van der Waals surface area contributed by atoms with E-state index in [9.17, 15) is 9.18 Å². The van der Waals surface area contributed by atoms with Gasteiger partial charge in [-0.15, -0.1) is 0 Å². The fraction of sp³-hybridized carbons (Fsp3) is 0.222. The second-order valence-corrected chi connectivity index (χ2v) is 2.89. The van der Waals surface area contributed by atoms with E-state index < -0.39 is 5.82 Å². The van der Waals surface area contributed by atoms with Crippen LogP contribution in [-0.2, 0) is 0 Å². The highest BCUT2D eigenvalue weighted by Gasteiger charge is 2.20. The molecule has 0 unspecified atom stereocenters. The van der Waals surface area contributed by atoms with Crippen LogP contribution in [0.5, 0.6) is 5.75 Å². The van der Waals surface area contributed by atoms with Crippen molar-refractivity contribution >= 4 is 11.5 Å². The Morgan fingerprint density at radius 3 is 3.00 bits per heavy atom. The number of fused-ring (bicyclic) bond motifs is 1. The van der Waals surface area contributed by atoms with Crippen LogP contribution in [0.25, 0.3) is 0 Å². The zero-order chi connectivity index (χ0) is 9.42. The molecule has 0 aliphatic carbocycles. The Morgan fingerprint density at radius 2 is 2.23 bits per heavy atom. The van der Waals surface area contributed by atoms with Gasteiger partial charge in [-0.3, -0.25) is 4.79 Å². The molecule has 0 bridgehead atoms. The maximum atomic E-state index is 12.9. The molecule has 3 nitrogen and oxygen atoms in total. The summed E-state index contributed by atoms with van der Waals surface area (Å²) in [5.74, 6) is -0.302. The predicted octanol–water partition coefficient (Wildman–Crippen LogP) is 1.37. The lowest BCUT2D eigenvalue weighted by molar-refractivity contribution is 0.0933. The Balaban J connectivity index is 2.58. The van der Waals surface area contributed by atoms with Crippen LogP contribution in [0.3, 0.4) is 0 Å². The summed E-state index contributed by atoms with van der Waals surface area (Å²) in [5, 5.41) is 0. The molecule has 0 saturated heterocycles. The van der Waals surface area contributed by atoms with Gasteiger partial charge < -0.3 is 10.5 Å². The predicted molar refractivity (Wildman–Crippen MR) is 45.3 cm³/mol. The topological polar surface area (TPSA) is 52.3 Å². The van der Waals surface area contributed by atoms with Gasteiger partial charge in [0, 0.05) is 12.5 Å². The number of rotatable bonds is 0. The molecule has 1 aromatic rings. The standard InChI is InChI=1S/C9H8FNO2/c10-6-4-9-5(3-7(6)11)8(12)1-2-13-9/h3-4H,1-2,11H2. The van der Waals surface area contributed by atoms with Gasteiger partial charge in [0.25, 0.3) is 0 Å². The molecule has 0 saturated carbocycles. The SMILES string of the molecule is Nc1cc2c(cc1F)OCCC2=O. The second kappa shape index (κ2) is 2.73. The van der Waals surface area contributed by atoms with Gasteiger partial charge in [-0.1, -0.05) is 0 Å². The fourth-order valence-electron chi connectivity index (χ4n) is 1.30. The fourth-order valence-corrected chi connectivity index (χ4v) is 1.30. The van der Waals surface area contributed by atoms with E-state index in [0.717, 1.165) is 6.07 Å². The molecule has 0 fully saturated rings. The van der Waals surface area contributed by atoms with Crippen molar-refractivity contribution in [3.05, 3.63) is 23.5 Å². The quantitative estimate of drug-likeness (QED) is 0.615. The summed E-state index contributed by atoms with van der Waals surface area (Å²) in [6, 6.07) is 2.48. The highest BCUT2D eigenvalue weighted by Crippen LogP contribution is 2.28. The van der Waals surface area contributed by atoms with Gasteiger partial charge >= 0.3 is 0 Å². The number of carbonyl (C=O) groups is 1. The monoisotopic (exact) mass is 181 g/mol.